The molecular formula is C9H16O3. The van der Waals surface area contributed by atoms with Crippen LogP contribution < -0.4 is 0 Å². The summed E-state index contributed by atoms with van der Waals surface area (Å²) in [6.45, 7) is 1.45. The predicted molar refractivity (Wildman–Crippen MR) is 43.7 cm³/mol. The topological polar surface area (TPSA) is 31.0 Å². The van der Waals surface area contributed by atoms with Crippen LogP contribution in [0.4, 0.5) is 0 Å². The first-order valence-corrected chi connectivity index (χ1v) is 4.85. The molecule has 0 N–H and O–H groups in total. The zero-order valence-electron chi connectivity index (χ0n) is 7.33. The number of hydrogen-bond donors (Lipinski definition) is 0. The molecule has 0 bridgehead atoms. The van der Waals surface area contributed by atoms with Gasteiger partial charge in [0.25, 0.3) is 0 Å². The van der Waals surface area contributed by atoms with Crippen LogP contribution in [0.3, 0.4) is 0 Å². The number of hydrogen-bond acceptors (Lipinski definition) is 3. The lowest BCUT2D eigenvalue weighted by Gasteiger charge is -2.20. The monoisotopic (exact) mass is 172 g/mol. The average Bonchev–Trinajstić information content (AvgIpc) is 2.90. The molecule has 1 unspecified atom stereocenters. The third-order valence-electron chi connectivity index (χ3n) is 2.41. The second-order valence-corrected chi connectivity index (χ2v) is 3.60. The molecule has 0 aromatic heterocycles. The van der Waals surface area contributed by atoms with Crippen LogP contribution in [0.5, 0.6) is 0 Å². The van der Waals surface area contributed by atoms with E-state index >= 15 is 0 Å². The van der Waals surface area contributed by atoms with E-state index in [0.717, 1.165) is 19.4 Å². The molecule has 1 saturated carbocycles. The van der Waals surface area contributed by atoms with Gasteiger partial charge in [0, 0.05) is 0 Å². The zero-order valence-corrected chi connectivity index (χ0v) is 7.33. The Morgan fingerprint density at radius 2 is 1.92 bits per heavy atom. The fraction of sp³-hybridized carbons (Fsp3) is 1.00. The van der Waals surface area contributed by atoms with Crippen molar-refractivity contribution in [2.45, 2.75) is 44.3 Å². The van der Waals surface area contributed by atoms with Crippen molar-refractivity contribution in [1.29, 1.82) is 0 Å². The molecule has 2 fully saturated rings. The van der Waals surface area contributed by atoms with Crippen molar-refractivity contribution in [3.05, 3.63) is 0 Å². The minimum Gasteiger partial charge on any atom is -0.370 e. The molecule has 1 aliphatic carbocycles. The van der Waals surface area contributed by atoms with Crippen molar-refractivity contribution < 1.29 is 14.5 Å². The largest absolute Gasteiger partial charge is 0.370 e. The van der Waals surface area contributed by atoms with E-state index in [2.05, 4.69) is 0 Å². The van der Waals surface area contributed by atoms with E-state index in [0.29, 0.717) is 18.8 Å². The molecule has 0 amide bonds. The first-order valence-electron chi connectivity index (χ1n) is 4.85. The molecule has 0 spiro atoms. The minimum atomic E-state index is 0.314. The Bertz CT molecular complexity index is 128. The van der Waals surface area contributed by atoms with Crippen LogP contribution in [-0.2, 0) is 14.5 Å². The van der Waals surface area contributed by atoms with Gasteiger partial charge in [-0.2, -0.15) is 0 Å². The highest BCUT2D eigenvalue weighted by atomic mass is 17.2. The normalized spacial score (nSPS) is 30.5. The van der Waals surface area contributed by atoms with Crippen LogP contribution in [0.1, 0.15) is 32.1 Å². The van der Waals surface area contributed by atoms with Gasteiger partial charge in [-0.05, 0) is 12.8 Å². The third kappa shape index (κ3) is 2.73. The maximum Gasteiger partial charge on any atom is 0.111 e. The van der Waals surface area contributed by atoms with Crippen molar-refractivity contribution in [2.24, 2.45) is 0 Å². The summed E-state index contributed by atoms with van der Waals surface area (Å²) in [5.41, 5.74) is 0. The molecule has 1 heterocycles. The van der Waals surface area contributed by atoms with Crippen molar-refractivity contribution in [2.75, 3.05) is 13.2 Å². The fourth-order valence-corrected chi connectivity index (χ4v) is 1.54. The zero-order chi connectivity index (χ0) is 8.23. The van der Waals surface area contributed by atoms with Crippen LogP contribution in [0.25, 0.3) is 0 Å². The summed E-state index contributed by atoms with van der Waals surface area (Å²) in [6.07, 6.45) is 6.90. The van der Waals surface area contributed by atoms with E-state index in [4.69, 9.17) is 14.5 Å². The van der Waals surface area contributed by atoms with Gasteiger partial charge in [0.15, 0.2) is 0 Å². The number of ether oxygens (including phenoxy) is 1. The van der Waals surface area contributed by atoms with Gasteiger partial charge in [0.2, 0.25) is 0 Å². The van der Waals surface area contributed by atoms with E-state index in [9.17, 15) is 0 Å². The van der Waals surface area contributed by atoms with Crippen LogP contribution in [0.2, 0.25) is 0 Å². The molecule has 0 aromatic carbocycles. The summed E-state index contributed by atoms with van der Waals surface area (Å²) in [4.78, 5) is 10.3. The van der Waals surface area contributed by atoms with Crippen molar-refractivity contribution in [3.63, 3.8) is 0 Å². The summed E-state index contributed by atoms with van der Waals surface area (Å²) < 4.78 is 4.99. The first kappa shape index (κ1) is 8.48. The van der Waals surface area contributed by atoms with Gasteiger partial charge in [0.1, 0.15) is 12.7 Å². The van der Waals surface area contributed by atoms with E-state index in [1.807, 2.05) is 0 Å². The maximum absolute atomic E-state index is 5.25. The molecule has 1 saturated heterocycles. The van der Waals surface area contributed by atoms with Gasteiger partial charge in [-0.1, -0.05) is 19.3 Å². The van der Waals surface area contributed by atoms with Crippen LogP contribution >= 0.6 is 0 Å². The van der Waals surface area contributed by atoms with E-state index in [1.54, 1.807) is 0 Å². The van der Waals surface area contributed by atoms with Gasteiger partial charge < -0.3 is 4.74 Å². The highest BCUT2D eigenvalue weighted by molar-refractivity contribution is 4.67. The standard InChI is InChI=1S/C9H16O3/c1-2-4-8(5-3-1)12-11-7-9-6-10-9/h8-9H,1-7H2. The molecule has 1 atom stereocenters. The summed E-state index contributed by atoms with van der Waals surface area (Å²) in [5.74, 6) is 0. The second-order valence-electron chi connectivity index (χ2n) is 3.60. The molecule has 70 valence electrons. The molecule has 2 aliphatic rings. The van der Waals surface area contributed by atoms with Gasteiger partial charge in [0.05, 0.1) is 12.7 Å². The highest BCUT2D eigenvalue weighted by Gasteiger charge is 2.24. The lowest BCUT2D eigenvalue weighted by molar-refractivity contribution is -0.329. The molecule has 0 radical (unpaired) electrons. The minimum absolute atomic E-state index is 0.314. The molecule has 1 aliphatic heterocycles. The molecule has 2 rings (SSSR count). The maximum atomic E-state index is 5.25. The summed E-state index contributed by atoms with van der Waals surface area (Å²) in [5, 5.41) is 0. The molecule has 3 heteroatoms. The number of epoxide rings is 1. The third-order valence-corrected chi connectivity index (χ3v) is 2.41. The molecular weight excluding hydrogens is 156 g/mol. The van der Waals surface area contributed by atoms with Gasteiger partial charge in [-0.15, -0.1) is 0 Å². The van der Waals surface area contributed by atoms with Gasteiger partial charge in [-0.3, -0.25) is 0 Å². The Labute approximate surface area is 72.9 Å². The number of rotatable bonds is 4. The highest BCUT2D eigenvalue weighted by Crippen LogP contribution is 2.20. The quantitative estimate of drug-likeness (QED) is 0.367. The summed E-state index contributed by atoms with van der Waals surface area (Å²) in [6, 6.07) is 0. The summed E-state index contributed by atoms with van der Waals surface area (Å²) >= 11 is 0. The van der Waals surface area contributed by atoms with Gasteiger partial charge >= 0.3 is 0 Å². The molecule has 3 nitrogen and oxygen atoms in total. The SMILES string of the molecule is C1CCC(OOCC2CO2)CC1. The van der Waals surface area contributed by atoms with E-state index < -0.39 is 0 Å². The molecule has 0 aromatic rings. The second kappa shape index (κ2) is 4.21. The van der Waals surface area contributed by atoms with Crippen molar-refractivity contribution >= 4 is 0 Å². The summed E-state index contributed by atoms with van der Waals surface area (Å²) in [7, 11) is 0. The lowest BCUT2D eigenvalue weighted by Crippen LogP contribution is -2.18. The Kier molecular flexibility index (Phi) is 2.98. The fourth-order valence-electron chi connectivity index (χ4n) is 1.54. The Morgan fingerprint density at radius 3 is 2.58 bits per heavy atom. The van der Waals surface area contributed by atoms with Crippen LogP contribution in [0, 0.1) is 0 Å². The Morgan fingerprint density at radius 1 is 1.17 bits per heavy atom. The van der Waals surface area contributed by atoms with E-state index in [-0.39, 0.29) is 0 Å². The van der Waals surface area contributed by atoms with Crippen LogP contribution in [-0.4, -0.2) is 25.4 Å². The predicted octanol–water partition coefficient (Wildman–Crippen LogP) is 1.67. The van der Waals surface area contributed by atoms with Crippen LogP contribution in [0.15, 0.2) is 0 Å². The molecule has 12 heavy (non-hydrogen) atoms. The van der Waals surface area contributed by atoms with Crippen molar-refractivity contribution in [3.8, 4) is 0 Å². The lowest BCUT2D eigenvalue weighted by atomic mass is 9.98. The smallest absolute Gasteiger partial charge is 0.111 e. The van der Waals surface area contributed by atoms with Gasteiger partial charge in [-0.25, -0.2) is 9.78 Å². The Hall–Kier alpha value is -0.120. The average molecular weight is 172 g/mol. The Balaban J connectivity index is 1.52. The first-order chi connectivity index (χ1) is 5.95. The van der Waals surface area contributed by atoms with E-state index in [1.165, 1.54) is 19.3 Å². The van der Waals surface area contributed by atoms with Crippen molar-refractivity contribution in [1.82, 2.24) is 0 Å².